The maximum absolute atomic E-state index is 12.6. The molecule has 0 aliphatic carbocycles. The van der Waals surface area contributed by atoms with Gasteiger partial charge in [0.2, 0.25) is 10.0 Å². The predicted molar refractivity (Wildman–Crippen MR) is 101 cm³/mol. The molecule has 0 aromatic heterocycles. The Kier molecular flexibility index (Phi) is 4.33. The highest BCUT2D eigenvalue weighted by Crippen LogP contribution is 2.34. The molecule has 0 fully saturated rings. The second-order valence-corrected chi connectivity index (χ2v) is 8.59. The molecule has 6 heteroatoms. The molecule has 2 aromatic rings. The maximum atomic E-state index is 12.6. The van der Waals surface area contributed by atoms with Gasteiger partial charge in [-0.25, -0.2) is 8.42 Å². The number of rotatable bonds is 3. The lowest BCUT2D eigenvalue weighted by Crippen LogP contribution is -2.34. The predicted octanol–water partition coefficient (Wildman–Crippen LogP) is 3.27. The normalized spacial score (nSPS) is 16.6. The third kappa shape index (κ3) is 3.39. The lowest BCUT2D eigenvalue weighted by molar-refractivity contribution is 0.102. The number of fused-ring (bicyclic) bond motifs is 1. The number of anilines is 2. The van der Waals surface area contributed by atoms with Crippen molar-refractivity contribution >= 4 is 27.3 Å². The molecule has 132 valence electrons. The van der Waals surface area contributed by atoms with Gasteiger partial charge < -0.3 is 5.32 Å². The van der Waals surface area contributed by atoms with Crippen molar-refractivity contribution in [1.82, 2.24) is 0 Å². The van der Waals surface area contributed by atoms with Gasteiger partial charge in [-0.1, -0.05) is 12.1 Å². The standard InChI is InChI=1S/C19H22N2O3S/c1-12-5-6-13(2)17(9-12)20-19(22)15-7-8-18-16(11-15)10-14(3)21(18)25(4,23)24/h5-9,11,14H,10H2,1-4H3,(H,20,22). The van der Waals surface area contributed by atoms with E-state index in [1.54, 1.807) is 18.2 Å². The molecule has 0 spiro atoms. The molecule has 25 heavy (non-hydrogen) atoms. The zero-order valence-electron chi connectivity index (χ0n) is 14.8. The van der Waals surface area contributed by atoms with Gasteiger partial charge in [0.25, 0.3) is 5.91 Å². The Balaban J connectivity index is 1.89. The van der Waals surface area contributed by atoms with Crippen LogP contribution >= 0.6 is 0 Å². The van der Waals surface area contributed by atoms with Crippen molar-refractivity contribution in [2.45, 2.75) is 33.2 Å². The van der Waals surface area contributed by atoms with E-state index in [1.165, 1.54) is 10.6 Å². The zero-order valence-corrected chi connectivity index (χ0v) is 15.6. The van der Waals surface area contributed by atoms with Crippen LogP contribution < -0.4 is 9.62 Å². The summed E-state index contributed by atoms with van der Waals surface area (Å²) in [6.07, 6.45) is 1.81. The Hall–Kier alpha value is -2.34. The first-order chi connectivity index (χ1) is 11.7. The molecular formula is C19H22N2O3S. The van der Waals surface area contributed by atoms with E-state index in [0.717, 1.165) is 22.4 Å². The summed E-state index contributed by atoms with van der Waals surface area (Å²) in [5, 5.41) is 2.94. The van der Waals surface area contributed by atoms with Gasteiger partial charge in [0, 0.05) is 17.3 Å². The van der Waals surface area contributed by atoms with Crippen LogP contribution in [0.1, 0.15) is 34.0 Å². The van der Waals surface area contributed by atoms with Crippen LogP contribution in [0.25, 0.3) is 0 Å². The summed E-state index contributed by atoms with van der Waals surface area (Å²) in [5.41, 5.74) is 4.94. The van der Waals surface area contributed by atoms with Crippen LogP contribution in [0.3, 0.4) is 0 Å². The van der Waals surface area contributed by atoms with Gasteiger partial charge >= 0.3 is 0 Å². The van der Waals surface area contributed by atoms with Crippen molar-refractivity contribution in [2.75, 3.05) is 15.9 Å². The molecule has 1 amide bonds. The number of sulfonamides is 1. The molecule has 5 nitrogen and oxygen atoms in total. The zero-order chi connectivity index (χ0) is 18.4. The Labute approximate surface area is 148 Å². The van der Waals surface area contributed by atoms with Crippen LogP contribution in [-0.2, 0) is 16.4 Å². The van der Waals surface area contributed by atoms with E-state index in [4.69, 9.17) is 0 Å². The summed E-state index contributed by atoms with van der Waals surface area (Å²) in [6, 6.07) is 11.0. The molecule has 3 rings (SSSR count). The molecular weight excluding hydrogens is 336 g/mol. The van der Waals surface area contributed by atoms with Gasteiger partial charge in [0.05, 0.1) is 11.9 Å². The van der Waals surface area contributed by atoms with Crippen molar-refractivity contribution in [3.05, 3.63) is 58.7 Å². The first kappa shape index (κ1) is 17.5. The summed E-state index contributed by atoms with van der Waals surface area (Å²) in [6.45, 7) is 5.80. The van der Waals surface area contributed by atoms with E-state index < -0.39 is 10.0 Å². The van der Waals surface area contributed by atoms with Crippen molar-refractivity contribution in [3.8, 4) is 0 Å². The molecule has 0 radical (unpaired) electrons. The van der Waals surface area contributed by atoms with E-state index in [-0.39, 0.29) is 11.9 Å². The number of hydrogen-bond donors (Lipinski definition) is 1. The quantitative estimate of drug-likeness (QED) is 0.916. The lowest BCUT2D eigenvalue weighted by Gasteiger charge is -2.21. The Morgan fingerprint density at radius 1 is 1.16 bits per heavy atom. The number of benzene rings is 2. The third-order valence-corrected chi connectivity index (χ3v) is 5.76. The van der Waals surface area contributed by atoms with E-state index >= 15 is 0 Å². The fourth-order valence-electron chi connectivity index (χ4n) is 3.31. The molecule has 2 aromatic carbocycles. The van der Waals surface area contributed by atoms with Gasteiger partial charge in [-0.2, -0.15) is 0 Å². The van der Waals surface area contributed by atoms with Crippen LogP contribution in [0.4, 0.5) is 11.4 Å². The molecule has 1 heterocycles. The highest BCUT2D eigenvalue weighted by Gasteiger charge is 2.32. The number of carbonyl (C=O) groups is 1. The van der Waals surface area contributed by atoms with Crippen LogP contribution in [0, 0.1) is 13.8 Å². The highest BCUT2D eigenvalue weighted by molar-refractivity contribution is 7.92. The number of nitrogens with one attached hydrogen (secondary N) is 1. The summed E-state index contributed by atoms with van der Waals surface area (Å²) in [7, 11) is -3.32. The highest BCUT2D eigenvalue weighted by atomic mass is 32.2. The Morgan fingerprint density at radius 2 is 1.88 bits per heavy atom. The van der Waals surface area contributed by atoms with E-state index in [0.29, 0.717) is 17.7 Å². The number of amides is 1. The minimum atomic E-state index is -3.32. The first-order valence-electron chi connectivity index (χ1n) is 8.18. The average molecular weight is 358 g/mol. The minimum Gasteiger partial charge on any atom is -0.322 e. The van der Waals surface area contributed by atoms with Gasteiger partial charge in [0.1, 0.15) is 0 Å². The van der Waals surface area contributed by atoms with E-state index in [2.05, 4.69) is 5.32 Å². The monoisotopic (exact) mass is 358 g/mol. The molecule has 0 saturated carbocycles. The number of carbonyl (C=O) groups excluding carboxylic acids is 1. The number of aryl methyl sites for hydroxylation is 2. The molecule has 0 saturated heterocycles. The molecule has 1 N–H and O–H groups in total. The number of hydrogen-bond acceptors (Lipinski definition) is 3. The summed E-state index contributed by atoms with van der Waals surface area (Å²) >= 11 is 0. The number of nitrogens with zero attached hydrogens (tertiary/aromatic N) is 1. The first-order valence-corrected chi connectivity index (χ1v) is 10.0. The van der Waals surface area contributed by atoms with Crippen LogP contribution in [0.2, 0.25) is 0 Å². The minimum absolute atomic E-state index is 0.137. The maximum Gasteiger partial charge on any atom is 0.255 e. The van der Waals surface area contributed by atoms with Crippen LogP contribution in [0.15, 0.2) is 36.4 Å². The van der Waals surface area contributed by atoms with Crippen molar-refractivity contribution in [2.24, 2.45) is 0 Å². The molecule has 1 aliphatic rings. The summed E-state index contributed by atoms with van der Waals surface area (Å²) in [4.78, 5) is 12.6. The summed E-state index contributed by atoms with van der Waals surface area (Å²) < 4.78 is 25.4. The van der Waals surface area contributed by atoms with Gasteiger partial charge in [-0.3, -0.25) is 9.10 Å². The van der Waals surface area contributed by atoms with Crippen molar-refractivity contribution < 1.29 is 13.2 Å². The molecule has 1 atom stereocenters. The Morgan fingerprint density at radius 3 is 2.56 bits per heavy atom. The molecule has 0 bridgehead atoms. The largest absolute Gasteiger partial charge is 0.322 e. The van der Waals surface area contributed by atoms with Gasteiger partial charge in [-0.05, 0) is 68.1 Å². The second kappa shape index (κ2) is 6.19. The average Bonchev–Trinajstić information content (AvgIpc) is 2.85. The fraction of sp³-hybridized carbons (Fsp3) is 0.316. The second-order valence-electron chi connectivity index (χ2n) is 6.73. The SMILES string of the molecule is Cc1ccc(C)c(NC(=O)c2ccc3c(c2)CC(C)N3S(C)(=O)=O)c1. The summed E-state index contributed by atoms with van der Waals surface area (Å²) in [5.74, 6) is -0.193. The van der Waals surface area contributed by atoms with Crippen molar-refractivity contribution in [3.63, 3.8) is 0 Å². The van der Waals surface area contributed by atoms with Gasteiger partial charge in [0.15, 0.2) is 0 Å². The lowest BCUT2D eigenvalue weighted by atomic mass is 10.1. The third-order valence-electron chi connectivity index (χ3n) is 4.49. The topological polar surface area (TPSA) is 66.5 Å². The fourth-order valence-corrected chi connectivity index (χ4v) is 4.58. The molecule has 1 unspecified atom stereocenters. The Bertz CT molecular complexity index is 951. The van der Waals surface area contributed by atoms with Gasteiger partial charge in [-0.15, -0.1) is 0 Å². The van der Waals surface area contributed by atoms with Crippen molar-refractivity contribution in [1.29, 1.82) is 0 Å². The smallest absolute Gasteiger partial charge is 0.255 e. The molecule has 1 aliphatic heterocycles. The van der Waals surface area contributed by atoms with E-state index in [1.807, 2.05) is 39.0 Å². The van der Waals surface area contributed by atoms with E-state index in [9.17, 15) is 13.2 Å². The van der Waals surface area contributed by atoms with Crippen LogP contribution in [-0.4, -0.2) is 26.6 Å². The van der Waals surface area contributed by atoms with Crippen LogP contribution in [0.5, 0.6) is 0 Å².